The van der Waals surface area contributed by atoms with Crippen molar-refractivity contribution < 1.29 is 17.9 Å². The predicted molar refractivity (Wildman–Crippen MR) is 119 cm³/mol. The number of aromatic nitrogens is 1. The van der Waals surface area contributed by atoms with Crippen molar-refractivity contribution in [2.45, 2.75) is 70.4 Å². The maximum absolute atomic E-state index is 12.9. The van der Waals surface area contributed by atoms with Gasteiger partial charge in [-0.1, -0.05) is 25.8 Å². The molecule has 0 radical (unpaired) electrons. The van der Waals surface area contributed by atoms with Crippen LogP contribution in [0.1, 0.15) is 53.9 Å². The Bertz CT molecular complexity index is 954. The number of nitrogens with one attached hydrogen (secondary N) is 1. The number of unbranched alkanes of at least 4 members (excludes halogenated alkanes) is 2. The smallest absolute Gasteiger partial charge is 0.410 e. The van der Waals surface area contributed by atoms with E-state index in [9.17, 15) is 13.2 Å². The van der Waals surface area contributed by atoms with Gasteiger partial charge in [-0.25, -0.2) is 17.9 Å². The van der Waals surface area contributed by atoms with Crippen LogP contribution in [-0.4, -0.2) is 49.1 Å². The Balaban J connectivity index is 2.11. The second-order valence-electron chi connectivity index (χ2n) is 8.54. The number of hydrogen-bond donors (Lipinski definition) is 1. The van der Waals surface area contributed by atoms with Crippen LogP contribution in [0.25, 0.3) is 10.8 Å². The topological polar surface area (TPSA) is 88.6 Å². The predicted octanol–water partition coefficient (Wildman–Crippen LogP) is 4.33. The van der Waals surface area contributed by atoms with Crippen LogP contribution in [0.2, 0.25) is 0 Å². The molecule has 2 aromatic rings. The van der Waals surface area contributed by atoms with E-state index in [1.165, 1.54) is 0 Å². The summed E-state index contributed by atoms with van der Waals surface area (Å²) in [7, 11) is -3.73. The van der Waals surface area contributed by atoms with Crippen molar-refractivity contribution >= 4 is 26.9 Å². The molecule has 1 N–H and O–H groups in total. The Labute approximate surface area is 179 Å². The van der Waals surface area contributed by atoms with Crippen LogP contribution in [0, 0.1) is 0 Å². The van der Waals surface area contributed by atoms with Gasteiger partial charge in [0.2, 0.25) is 10.0 Å². The fourth-order valence-corrected chi connectivity index (χ4v) is 4.34. The molecule has 1 aromatic heterocycles. The molecular formula is C22H33N3O4S. The molecule has 8 heteroatoms. The highest BCUT2D eigenvalue weighted by Crippen LogP contribution is 2.18. The lowest BCUT2D eigenvalue weighted by Gasteiger charge is -2.29. The number of hydrogen-bond acceptors (Lipinski definition) is 5. The van der Waals surface area contributed by atoms with Gasteiger partial charge in [0, 0.05) is 36.9 Å². The second-order valence-corrected chi connectivity index (χ2v) is 10.3. The summed E-state index contributed by atoms with van der Waals surface area (Å²) in [6, 6.07) is 6.22. The number of sulfonamides is 1. The molecule has 1 heterocycles. The monoisotopic (exact) mass is 435 g/mol. The molecule has 0 aliphatic rings. The van der Waals surface area contributed by atoms with E-state index in [4.69, 9.17) is 4.74 Å². The number of ether oxygens (including phenoxy) is 1. The van der Waals surface area contributed by atoms with Gasteiger partial charge in [0.25, 0.3) is 0 Å². The minimum atomic E-state index is -3.73. The van der Waals surface area contributed by atoms with Crippen molar-refractivity contribution in [1.29, 1.82) is 0 Å². The Morgan fingerprint density at radius 2 is 1.93 bits per heavy atom. The molecular weight excluding hydrogens is 402 g/mol. The molecule has 0 unspecified atom stereocenters. The summed E-state index contributed by atoms with van der Waals surface area (Å²) in [4.78, 5) is 18.4. The van der Waals surface area contributed by atoms with E-state index in [2.05, 4.69) is 16.6 Å². The van der Waals surface area contributed by atoms with E-state index in [0.717, 1.165) is 30.0 Å². The van der Waals surface area contributed by atoms with Crippen molar-refractivity contribution in [1.82, 2.24) is 14.6 Å². The molecule has 0 aliphatic carbocycles. The van der Waals surface area contributed by atoms with Crippen LogP contribution >= 0.6 is 0 Å². The molecule has 166 valence electrons. The second kappa shape index (κ2) is 10.2. The first-order valence-electron chi connectivity index (χ1n) is 10.4. The van der Waals surface area contributed by atoms with Crippen LogP contribution in [0.15, 0.2) is 41.6 Å². The number of benzene rings is 1. The Morgan fingerprint density at radius 1 is 1.20 bits per heavy atom. The summed E-state index contributed by atoms with van der Waals surface area (Å²) >= 11 is 0. The number of amides is 1. The Hall–Kier alpha value is -2.19. The van der Waals surface area contributed by atoms with Crippen LogP contribution < -0.4 is 4.72 Å². The third-order valence-electron chi connectivity index (χ3n) is 4.46. The van der Waals surface area contributed by atoms with E-state index in [1.54, 1.807) is 48.5 Å². The molecule has 0 saturated carbocycles. The maximum atomic E-state index is 12.9. The average Bonchev–Trinajstić information content (AvgIpc) is 2.65. The van der Waals surface area contributed by atoms with Gasteiger partial charge in [-0.05, 0) is 57.7 Å². The first kappa shape index (κ1) is 24.1. The summed E-state index contributed by atoms with van der Waals surface area (Å²) in [6.07, 6.45) is 5.75. The van der Waals surface area contributed by atoms with E-state index in [1.807, 2.05) is 20.8 Å². The van der Waals surface area contributed by atoms with Crippen LogP contribution in [0.3, 0.4) is 0 Å². The number of rotatable bonds is 9. The summed E-state index contributed by atoms with van der Waals surface area (Å²) in [5.41, 5.74) is -0.608. The minimum Gasteiger partial charge on any atom is -0.444 e. The highest BCUT2D eigenvalue weighted by Gasteiger charge is 2.25. The van der Waals surface area contributed by atoms with Gasteiger partial charge in [0.05, 0.1) is 4.90 Å². The van der Waals surface area contributed by atoms with Gasteiger partial charge in [-0.2, -0.15) is 0 Å². The molecule has 1 aromatic carbocycles. The van der Waals surface area contributed by atoms with E-state index in [0.29, 0.717) is 6.54 Å². The van der Waals surface area contributed by atoms with Crippen molar-refractivity contribution in [2.75, 3.05) is 13.1 Å². The zero-order valence-electron chi connectivity index (χ0n) is 18.5. The molecule has 7 nitrogen and oxygen atoms in total. The van der Waals surface area contributed by atoms with Gasteiger partial charge < -0.3 is 9.64 Å². The lowest BCUT2D eigenvalue weighted by Crippen LogP contribution is -2.46. The highest BCUT2D eigenvalue weighted by molar-refractivity contribution is 7.89. The maximum Gasteiger partial charge on any atom is 0.410 e. The lowest BCUT2D eigenvalue weighted by atomic mass is 10.2. The zero-order chi connectivity index (χ0) is 22.4. The highest BCUT2D eigenvalue weighted by atomic mass is 32.2. The number of carbonyl (C=O) groups excluding carboxylic acids is 1. The van der Waals surface area contributed by atoms with Gasteiger partial charge in [-0.3, -0.25) is 4.98 Å². The lowest BCUT2D eigenvalue weighted by molar-refractivity contribution is 0.0235. The number of nitrogens with zero attached hydrogens (tertiary/aromatic N) is 2. The zero-order valence-corrected chi connectivity index (χ0v) is 19.3. The molecule has 1 amide bonds. The molecule has 2 rings (SSSR count). The molecule has 0 bridgehead atoms. The van der Waals surface area contributed by atoms with Gasteiger partial charge in [-0.15, -0.1) is 0 Å². The van der Waals surface area contributed by atoms with Crippen LogP contribution in [0.4, 0.5) is 4.79 Å². The normalized spacial score (nSPS) is 13.2. The van der Waals surface area contributed by atoms with Gasteiger partial charge in [0.1, 0.15) is 5.60 Å². The van der Waals surface area contributed by atoms with Crippen molar-refractivity contribution in [3.05, 3.63) is 36.7 Å². The number of pyridine rings is 1. The van der Waals surface area contributed by atoms with Gasteiger partial charge >= 0.3 is 6.09 Å². The third kappa shape index (κ3) is 7.25. The van der Waals surface area contributed by atoms with Crippen LogP contribution in [-0.2, 0) is 14.8 Å². The molecule has 30 heavy (non-hydrogen) atoms. The van der Waals surface area contributed by atoms with E-state index < -0.39 is 27.8 Å². The van der Waals surface area contributed by atoms with E-state index >= 15 is 0 Å². The number of fused-ring (bicyclic) bond motifs is 1. The number of carbonyl (C=O) groups is 1. The molecule has 0 aliphatic heterocycles. The Morgan fingerprint density at radius 3 is 2.60 bits per heavy atom. The molecule has 0 fully saturated rings. The summed E-state index contributed by atoms with van der Waals surface area (Å²) in [6.45, 7) is 10.0. The standard InChI is InChI=1S/C22H33N3O4S/c1-6-7-8-13-25(21(26)29-22(3,4)5)16-17(2)24-30(27,28)20-10-9-19-15-23-12-11-18(19)14-20/h9-12,14-15,17,24H,6-8,13,16H2,1-5H3/t17-/m1/s1. The van der Waals surface area contributed by atoms with Crippen LogP contribution in [0.5, 0.6) is 0 Å². The molecule has 0 saturated heterocycles. The third-order valence-corrected chi connectivity index (χ3v) is 6.04. The van der Waals surface area contributed by atoms with E-state index in [-0.39, 0.29) is 11.4 Å². The molecule has 0 spiro atoms. The SMILES string of the molecule is CCCCCN(C[C@@H](C)NS(=O)(=O)c1ccc2cnccc2c1)C(=O)OC(C)(C)C. The summed E-state index contributed by atoms with van der Waals surface area (Å²) in [5, 5.41) is 1.67. The summed E-state index contributed by atoms with van der Waals surface area (Å²) in [5.74, 6) is 0. The van der Waals surface area contributed by atoms with Crippen molar-refractivity contribution in [2.24, 2.45) is 0 Å². The van der Waals surface area contributed by atoms with Gasteiger partial charge in [0.15, 0.2) is 0 Å². The molecule has 1 atom stereocenters. The summed E-state index contributed by atoms with van der Waals surface area (Å²) < 4.78 is 33.9. The fourth-order valence-electron chi connectivity index (χ4n) is 3.07. The van der Waals surface area contributed by atoms with Crippen molar-refractivity contribution in [3.63, 3.8) is 0 Å². The minimum absolute atomic E-state index is 0.183. The fraction of sp³-hybridized carbons (Fsp3) is 0.545. The first-order chi connectivity index (χ1) is 14.0. The first-order valence-corrected chi connectivity index (χ1v) is 11.8. The largest absolute Gasteiger partial charge is 0.444 e. The average molecular weight is 436 g/mol. The Kier molecular flexibility index (Phi) is 8.20. The van der Waals surface area contributed by atoms with Crippen molar-refractivity contribution in [3.8, 4) is 0 Å². The quantitative estimate of drug-likeness (QED) is 0.592.